The molecule has 0 spiro atoms. The Morgan fingerprint density at radius 3 is 2.36 bits per heavy atom. The Bertz CT molecular complexity index is 240. The fourth-order valence-corrected chi connectivity index (χ4v) is 1.03. The Balaban J connectivity index is 2.19. The van der Waals surface area contributed by atoms with Crippen LogP contribution < -0.4 is 0 Å². The lowest BCUT2D eigenvalue weighted by atomic mass is 10.1. The first-order valence-electron chi connectivity index (χ1n) is 4.72. The summed E-state index contributed by atoms with van der Waals surface area (Å²) in [7, 11) is 0. The van der Waals surface area contributed by atoms with Gasteiger partial charge in [-0.1, -0.05) is 13.8 Å². The zero-order valence-corrected chi connectivity index (χ0v) is 8.53. The molecule has 4 heteroatoms. The molecule has 0 aromatic rings. The summed E-state index contributed by atoms with van der Waals surface area (Å²) in [4.78, 5) is 23.2. The van der Waals surface area contributed by atoms with E-state index < -0.39 is 0 Å². The minimum absolute atomic E-state index is 0.0669. The van der Waals surface area contributed by atoms with Gasteiger partial charge in [0.1, 0.15) is 6.73 Å². The van der Waals surface area contributed by atoms with Crippen LogP contribution in [0.25, 0.3) is 0 Å². The van der Waals surface area contributed by atoms with Crippen molar-refractivity contribution >= 4 is 11.8 Å². The molecule has 0 aliphatic carbocycles. The Morgan fingerprint density at radius 1 is 1.29 bits per heavy atom. The topological polar surface area (TPSA) is 46.6 Å². The molecule has 0 N–H and O–H groups in total. The maximum absolute atomic E-state index is 11.1. The molecular weight excluding hydrogens is 182 g/mol. The second-order valence-electron chi connectivity index (χ2n) is 3.66. The number of imide groups is 1. The van der Waals surface area contributed by atoms with E-state index >= 15 is 0 Å². The van der Waals surface area contributed by atoms with Gasteiger partial charge < -0.3 is 4.74 Å². The molecule has 0 radical (unpaired) electrons. The van der Waals surface area contributed by atoms with Gasteiger partial charge in [0.05, 0.1) is 0 Å². The van der Waals surface area contributed by atoms with Crippen LogP contribution in [-0.4, -0.2) is 30.1 Å². The SMILES string of the molecule is CC(C)CCOCN1C(=O)C=CC1=O. The minimum atomic E-state index is -0.292. The van der Waals surface area contributed by atoms with E-state index in [9.17, 15) is 9.59 Å². The molecule has 0 saturated heterocycles. The van der Waals surface area contributed by atoms with E-state index in [2.05, 4.69) is 13.8 Å². The molecule has 1 aliphatic rings. The lowest BCUT2D eigenvalue weighted by molar-refractivity contribution is -0.143. The Labute approximate surface area is 83.5 Å². The number of rotatable bonds is 5. The Kier molecular flexibility index (Phi) is 3.83. The molecule has 0 bridgehead atoms. The monoisotopic (exact) mass is 197 g/mol. The third kappa shape index (κ3) is 2.96. The van der Waals surface area contributed by atoms with Crippen molar-refractivity contribution in [2.75, 3.05) is 13.3 Å². The van der Waals surface area contributed by atoms with Gasteiger partial charge in [-0.25, -0.2) is 0 Å². The maximum atomic E-state index is 11.1. The third-order valence-electron chi connectivity index (χ3n) is 1.96. The highest BCUT2D eigenvalue weighted by Crippen LogP contribution is 2.04. The molecule has 0 aromatic carbocycles. The van der Waals surface area contributed by atoms with E-state index in [1.54, 1.807) is 0 Å². The highest BCUT2D eigenvalue weighted by atomic mass is 16.5. The number of hydrogen-bond donors (Lipinski definition) is 0. The lowest BCUT2D eigenvalue weighted by Gasteiger charge is -2.14. The van der Waals surface area contributed by atoms with Crippen LogP contribution in [0.1, 0.15) is 20.3 Å². The van der Waals surface area contributed by atoms with Gasteiger partial charge in [-0.3, -0.25) is 14.5 Å². The van der Waals surface area contributed by atoms with Crippen molar-refractivity contribution in [3.05, 3.63) is 12.2 Å². The van der Waals surface area contributed by atoms with E-state index in [0.717, 1.165) is 11.3 Å². The number of amides is 2. The van der Waals surface area contributed by atoms with Crippen LogP contribution in [0.5, 0.6) is 0 Å². The standard InChI is InChI=1S/C10H15NO3/c1-8(2)5-6-14-7-11-9(12)3-4-10(11)13/h3-4,8H,5-7H2,1-2H3. The van der Waals surface area contributed by atoms with Gasteiger partial charge in [-0.2, -0.15) is 0 Å². The van der Waals surface area contributed by atoms with Crippen LogP contribution in [0.2, 0.25) is 0 Å². The third-order valence-corrected chi connectivity index (χ3v) is 1.96. The quantitative estimate of drug-likeness (QED) is 0.486. The average Bonchev–Trinajstić information content (AvgIpc) is 2.42. The molecule has 4 nitrogen and oxygen atoms in total. The molecule has 0 atom stereocenters. The molecule has 1 aliphatic heterocycles. The molecule has 0 saturated carbocycles. The number of ether oxygens (including phenoxy) is 1. The molecule has 0 fully saturated rings. The smallest absolute Gasteiger partial charge is 0.255 e. The number of carbonyl (C=O) groups is 2. The molecule has 2 amide bonds. The average molecular weight is 197 g/mol. The highest BCUT2D eigenvalue weighted by Gasteiger charge is 2.22. The van der Waals surface area contributed by atoms with E-state index in [1.165, 1.54) is 12.2 Å². The van der Waals surface area contributed by atoms with Crippen LogP contribution in [0.15, 0.2) is 12.2 Å². The molecule has 14 heavy (non-hydrogen) atoms. The summed E-state index contributed by atoms with van der Waals surface area (Å²) in [5, 5.41) is 0. The van der Waals surface area contributed by atoms with E-state index in [1.807, 2.05) is 0 Å². The van der Waals surface area contributed by atoms with Crippen molar-refractivity contribution < 1.29 is 14.3 Å². The summed E-state index contributed by atoms with van der Waals surface area (Å²) in [5.74, 6) is -0.0165. The van der Waals surface area contributed by atoms with Gasteiger partial charge in [-0.05, 0) is 12.3 Å². The minimum Gasteiger partial charge on any atom is -0.361 e. The van der Waals surface area contributed by atoms with Crippen LogP contribution in [0, 0.1) is 5.92 Å². The molecule has 0 unspecified atom stereocenters. The summed E-state index contributed by atoms with van der Waals surface area (Å²) in [5.41, 5.74) is 0. The number of hydrogen-bond acceptors (Lipinski definition) is 3. The van der Waals surface area contributed by atoms with Gasteiger partial charge in [-0.15, -0.1) is 0 Å². The van der Waals surface area contributed by atoms with Crippen molar-refractivity contribution in [3.8, 4) is 0 Å². The fourth-order valence-electron chi connectivity index (χ4n) is 1.03. The second-order valence-corrected chi connectivity index (χ2v) is 3.66. The van der Waals surface area contributed by atoms with E-state index in [0.29, 0.717) is 12.5 Å². The van der Waals surface area contributed by atoms with Crippen molar-refractivity contribution in [2.24, 2.45) is 5.92 Å². The zero-order chi connectivity index (χ0) is 10.6. The first-order valence-corrected chi connectivity index (χ1v) is 4.72. The van der Waals surface area contributed by atoms with Crippen LogP contribution in [0.3, 0.4) is 0 Å². The van der Waals surface area contributed by atoms with Crippen LogP contribution in [0.4, 0.5) is 0 Å². The molecule has 1 rings (SSSR count). The van der Waals surface area contributed by atoms with E-state index in [-0.39, 0.29) is 18.5 Å². The molecule has 1 heterocycles. The Hall–Kier alpha value is -1.16. The second kappa shape index (κ2) is 4.91. The van der Waals surface area contributed by atoms with E-state index in [4.69, 9.17) is 4.74 Å². The summed E-state index contributed by atoms with van der Waals surface area (Å²) in [6, 6.07) is 0. The first-order chi connectivity index (χ1) is 6.61. The van der Waals surface area contributed by atoms with Crippen LogP contribution in [-0.2, 0) is 14.3 Å². The summed E-state index contributed by atoms with van der Waals surface area (Å²) >= 11 is 0. The fraction of sp³-hybridized carbons (Fsp3) is 0.600. The van der Waals surface area contributed by atoms with Crippen LogP contribution >= 0.6 is 0 Å². The lowest BCUT2D eigenvalue weighted by Crippen LogP contribution is -2.32. The highest BCUT2D eigenvalue weighted by molar-refractivity contribution is 6.12. The summed E-state index contributed by atoms with van der Waals surface area (Å²) < 4.78 is 5.21. The summed E-state index contributed by atoms with van der Waals surface area (Å²) in [6.45, 7) is 4.83. The molecule has 78 valence electrons. The van der Waals surface area contributed by atoms with Gasteiger partial charge in [0.15, 0.2) is 0 Å². The maximum Gasteiger partial charge on any atom is 0.255 e. The van der Waals surface area contributed by atoms with Crippen molar-refractivity contribution in [1.82, 2.24) is 4.90 Å². The van der Waals surface area contributed by atoms with Gasteiger partial charge in [0.2, 0.25) is 0 Å². The molecule has 0 aromatic heterocycles. The predicted octanol–water partition coefficient (Wildman–Crippen LogP) is 0.932. The van der Waals surface area contributed by atoms with Crippen molar-refractivity contribution in [2.45, 2.75) is 20.3 Å². The van der Waals surface area contributed by atoms with Crippen molar-refractivity contribution in [1.29, 1.82) is 0 Å². The zero-order valence-electron chi connectivity index (χ0n) is 8.53. The number of nitrogens with zero attached hydrogens (tertiary/aromatic N) is 1. The number of carbonyl (C=O) groups excluding carboxylic acids is 2. The first kappa shape index (κ1) is 10.9. The van der Waals surface area contributed by atoms with Crippen molar-refractivity contribution in [3.63, 3.8) is 0 Å². The van der Waals surface area contributed by atoms with Gasteiger partial charge >= 0.3 is 0 Å². The molecular formula is C10H15NO3. The normalized spacial score (nSPS) is 16.1. The predicted molar refractivity (Wildman–Crippen MR) is 51.3 cm³/mol. The largest absolute Gasteiger partial charge is 0.361 e. The summed E-state index contributed by atoms with van der Waals surface area (Å²) in [6.07, 6.45) is 3.45. The van der Waals surface area contributed by atoms with Gasteiger partial charge in [0, 0.05) is 18.8 Å². The Morgan fingerprint density at radius 2 is 1.86 bits per heavy atom. The van der Waals surface area contributed by atoms with Gasteiger partial charge in [0.25, 0.3) is 11.8 Å².